The summed E-state index contributed by atoms with van der Waals surface area (Å²) in [5.41, 5.74) is 2.20. The zero-order chi connectivity index (χ0) is 32.7. The molecule has 5 rings (SSSR count). The van der Waals surface area contributed by atoms with E-state index in [0.29, 0.717) is 0 Å². The highest BCUT2D eigenvalue weighted by atomic mass is 79.9. The summed E-state index contributed by atoms with van der Waals surface area (Å²) >= 11 is 3.39. The molecule has 0 spiro atoms. The molecular weight excluding hydrogens is 669 g/mol. The third-order valence-corrected chi connectivity index (χ3v) is 10.6. The molecule has 0 aliphatic heterocycles. The van der Waals surface area contributed by atoms with Gasteiger partial charge in [-0.25, -0.2) is 12.8 Å². The molecule has 0 unspecified atom stereocenters. The van der Waals surface area contributed by atoms with Gasteiger partial charge in [-0.2, -0.15) is 0 Å². The van der Waals surface area contributed by atoms with Crippen LogP contribution >= 0.6 is 15.9 Å². The molecule has 7 nitrogen and oxygen atoms in total. The number of nitrogens with one attached hydrogen (secondary N) is 1. The normalized spacial score (nSPS) is 14.1. The summed E-state index contributed by atoms with van der Waals surface area (Å²) in [6, 6.07) is 27.4. The molecule has 2 amide bonds. The molecule has 10 heteroatoms. The second kappa shape index (κ2) is 15.0. The van der Waals surface area contributed by atoms with E-state index in [4.69, 9.17) is 0 Å². The lowest BCUT2D eigenvalue weighted by atomic mass is 10.0. The van der Waals surface area contributed by atoms with Crippen molar-refractivity contribution in [1.29, 1.82) is 0 Å². The third-order valence-electron chi connectivity index (χ3n) is 8.27. The summed E-state index contributed by atoms with van der Waals surface area (Å²) in [6.45, 7) is 1.03. The Morgan fingerprint density at radius 2 is 1.52 bits per heavy atom. The van der Waals surface area contributed by atoms with Crippen molar-refractivity contribution in [3.63, 3.8) is 0 Å². The number of nitrogens with zero attached hydrogens (tertiary/aromatic N) is 2. The fraction of sp³-hybridized carbons (Fsp3) is 0.278. The lowest BCUT2D eigenvalue weighted by Gasteiger charge is -2.34. The van der Waals surface area contributed by atoms with E-state index < -0.39 is 34.3 Å². The van der Waals surface area contributed by atoms with Crippen molar-refractivity contribution in [2.24, 2.45) is 0 Å². The molecule has 240 valence electrons. The Labute approximate surface area is 278 Å². The van der Waals surface area contributed by atoms with Crippen molar-refractivity contribution in [2.45, 2.75) is 62.6 Å². The van der Waals surface area contributed by atoms with Gasteiger partial charge in [0.2, 0.25) is 11.8 Å². The van der Waals surface area contributed by atoms with Crippen LogP contribution in [0.1, 0.15) is 42.4 Å². The average Bonchev–Trinajstić information content (AvgIpc) is 3.56. The van der Waals surface area contributed by atoms with Gasteiger partial charge in [-0.15, -0.1) is 0 Å². The minimum Gasteiger partial charge on any atom is -0.352 e. The molecule has 4 aromatic rings. The molecule has 0 bridgehead atoms. The van der Waals surface area contributed by atoms with Gasteiger partial charge in [0, 0.05) is 29.0 Å². The summed E-state index contributed by atoms with van der Waals surface area (Å²) in [6.07, 6.45) is 3.87. The minimum absolute atomic E-state index is 0.0163. The first-order valence-corrected chi connectivity index (χ1v) is 17.6. The number of anilines is 1. The number of carbonyl (C=O) groups excluding carboxylic acids is 2. The lowest BCUT2D eigenvalue weighted by molar-refractivity contribution is -0.140. The van der Waals surface area contributed by atoms with Crippen LogP contribution in [0.5, 0.6) is 0 Å². The highest BCUT2D eigenvalue weighted by molar-refractivity contribution is 9.10. The largest absolute Gasteiger partial charge is 0.352 e. The van der Waals surface area contributed by atoms with Crippen LogP contribution in [0.2, 0.25) is 0 Å². The molecule has 0 saturated heterocycles. The Bertz CT molecular complexity index is 1750. The second-order valence-corrected chi connectivity index (χ2v) is 14.4. The van der Waals surface area contributed by atoms with Crippen LogP contribution in [0, 0.1) is 12.7 Å². The van der Waals surface area contributed by atoms with E-state index in [1.807, 2.05) is 37.3 Å². The van der Waals surface area contributed by atoms with E-state index in [1.54, 1.807) is 54.6 Å². The maximum Gasteiger partial charge on any atom is 0.264 e. The summed E-state index contributed by atoms with van der Waals surface area (Å²) in [5.74, 6) is -1.51. The molecule has 1 N–H and O–H groups in total. The van der Waals surface area contributed by atoms with E-state index in [1.165, 1.54) is 23.1 Å². The number of hydrogen-bond acceptors (Lipinski definition) is 4. The zero-order valence-corrected chi connectivity index (χ0v) is 28.0. The van der Waals surface area contributed by atoms with Crippen molar-refractivity contribution in [2.75, 3.05) is 10.8 Å². The monoisotopic (exact) mass is 705 g/mol. The summed E-state index contributed by atoms with van der Waals surface area (Å²) in [4.78, 5) is 29.9. The average molecular weight is 707 g/mol. The van der Waals surface area contributed by atoms with Crippen molar-refractivity contribution in [3.8, 4) is 0 Å². The first-order valence-electron chi connectivity index (χ1n) is 15.3. The van der Waals surface area contributed by atoms with Crippen molar-refractivity contribution < 1.29 is 22.4 Å². The molecule has 1 saturated carbocycles. The molecule has 4 aromatic carbocycles. The van der Waals surface area contributed by atoms with Crippen LogP contribution in [0.15, 0.2) is 112 Å². The Hall–Kier alpha value is -4.02. The van der Waals surface area contributed by atoms with Gasteiger partial charge in [0.25, 0.3) is 10.0 Å². The number of rotatable bonds is 12. The lowest BCUT2D eigenvalue weighted by Crippen LogP contribution is -2.54. The van der Waals surface area contributed by atoms with Gasteiger partial charge < -0.3 is 10.2 Å². The highest BCUT2D eigenvalue weighted by Crippen LogP contribution is 2.27. The van der Waals surface area contributed by atoms with Crippen molar-refractivity contribution in [1.82, 2.24) is 10.2 Å². The number of halogens is 2. The maximum absolute atomic E-state index is 15.1. The smallest absolute Gasteiger partial charge is 0.264 e. The summed E-state index contributed by atoms with van der Waals surface area (Å²) in [5, 5.41) is 3.12. The predicted octanol–water partition coefficient (Wildman–Crippen LogP) is 6.79. The van der Waals surface area contributed by atoms with Gasteiger partial charge in [-0.05, 0) is 67.8 Å². The molecule has 0 radical (unpaired) electrons. The number of amides is 2. The van der Waals surface area contributed by atoms with Crippen LogP contribution < -0.4 is 9.62 Å². The van der Waals surface area contributed by atoms with Crippen LogP contribution in [0.3, 0.4) is 0 Å². The zero-order valence-electron chi connectivity index (χ0n) is 25.6. The molecule has 1 fully saturated rings. The minimum atomic E-state index is -4.22. The first-order chi connectivity index (χ1) is 22.1. The van der Waals surface area contributed by atoms with Crippen LogP contribution in [0.25, 0.3) is 0 Å². The fourth-order valence-electron chi connectivity index (χ4n) is 5.71. The van der Waals surface area contributed by atoms with Crippen LogP contribution in [-0.2, 0) is 32.6 Å². The fourth-order valence-corrected chi connectivity index (χ4v) is 7.38. The van der Waals surface area contributed by atoms with E-state index in [9.17, 15) is 18.0 Å². The molecule has 0 heterocycles. The predicted molar refractivity (Wildman–Crippen MR) is 181 cm³/mol. The standard InChI is InChI=1S/C36H37BrFN3O4S/c1-26-15-21-32(22-16-26)46(44,45)41(31-19-17-29(37)18-20-31)25-35(42)40(24-28-11-5-8-14-33(28)38)34(23-27-9-3-2-4-10-27)36(43)39-30-12-6-7-13-30/h2-5,8-11,14-22,30,34H,6-7,12-13,23-25H2,1H3,(H,39,43)/t34-/m0/s1. The van der Waals surface area contributed by atoms with Crippen LogP contribution in [-0.4, -0.2) is 43.8 Å². The maximum atomic E-state index is 15.1. The van der Waals surface area contributed by atoms with E-state index in [2.05, 4.69) is 21.2 Å². The van der Waals surface area contributed by atoms with E-state index >= 15 is 4.39 Å². The Morgan fingerprint density at radius 1 is 0.891 bits per heavy atom. The molecular formula is C36H37BrFN3O4S. The van der Waals surface area contributed by atoms with Gasteiger partial charge in [0.1, 0.15) is 18.4 Å². The molecule has 46 heavy (non-hydrogen) atoms. The first kappa shape index (κ1) is 33.3. The molecule has 1 atom stereocenters. The molecule has 1 aliphatic carbocycles. The van der Waals surface area contributed by atoms with E-state index in [-0.39, 0.29) is 41.1 Å². The van der Waals surface area contributed by atoms with Gasteiger partial charge in [0.15, 0.2) is 0 Å². The number of hydrogen-bond donors (Lipinski definition) is 1. The van der Waals surface area contributed by atoms with Gasteiger partial charge in [0.05, 0.1) is 10.6 Å². The SMILES string of the molecule is Cc1ccc(S(=O)(=O)N(CC(=O)N(Cc2ccccc2F)[C@@H](Cc2ccccc2)C(=O)NC2CCCC2)c2ccc(Br)cc2)cc1. The number of sulfonamides is 1. The van der Waals surface area contributed by atoms with Gasteiger partial charge in [-0.3, -0.25) is 13.9 Å². The van der Waals surface area contributed by atoms with Gasteiger partial charge in [-0.1, -0.05) is 95.0 Å². The van der Waals surface area contributed by atoms with Crippen molar-refractivity contribution in [3.05, 3.63) is 130 Å². The molecule has 1 aliphatic rings. The molecule has 0 aromatic heterocycles. The van der Waals surface area contributed by atoms with E-state index in [0.717, 1.165) is 45.6 Å². The summed E-state index contributed by atoms with van der Waals surface area (Å²) in [7, 11) is -4.22. The third kappa shape index (κ3) is 8.22. The quantitative estimate of drug-likeness (QED) is 0.176. The topological polar surface area (TPSA) is 86.8 Å². The number of aryl methyl sites for hydroxylation is 1. The second-order valence-electron chi connectivity index (χ2n) is 11.6. The number of benzene rings is 4. The summed E-state index contributed by atoms with van der Waals surface area (Å²) < 4.78 is 45.1. The van der Waals surface area contributed by atoms with Crippen molar-refractivity contribution >= 4 is 43.5 Å². The Morgan fingerprint density at radius 3 is 2.17 bits per heavy atom. The highest BCUT2D eigenvalue weighted by Gasteiger charge is 2.36. The van der Waals surface area contributed by atoms with Crippen LogP contribution in [0.4, 0.5) is 10.1 Å². The Balaban J connectivity index is 1.57. The van der Waals surface area contributed by atoms with Gasteiger partial charge >= 0.3 is 0 Å². The number of carbonyl (C=O) groups is 2. The Kier molecular flexibility index (Phi) is 10.9.